The van der Waals surface area contributed by atoms with Crippen molar-refractivity contribution in [3.8, 4) is 0 Å². The van der Waals surface area contributed by atoms with Gasteiger partial charge in [0.1, 0.15) is 0 Å². The SMILES string of the molecule is COCCNCC(=O)Nc1ccc(C)cc1Br. The Morgan fingerprint density at radius 3 is 2.88 bits per heavy atom. The second kappa shape index (κ2) is 7.42. The second-order valence-corrected chi connectivity index (χ2v) is 4.56. The summed E-state index contributed by atoms with van der Waals surface area (Å²) in [6.45, 7) is 3.55. The first-order chi connectivity index (χ1) is 8.13. The van der Waals surface area contributed by atoms with Gasteiger partial charge >= 0.3 is 0 Å². The van der Waals surface area contributed by atoms with Gasteiger partial charge in [0.2, 0.25) is 5.91 Å². The van der Waals surface area contributed by atoms with Crippen LogP contribution in [0.4, 0.5) is 5.69 Å². The van der Waals surface area contributed by atoms with Gasteiger partial charge in [-0.05, 0) is 40.5 Å². The highest BCUT2D eigenvalue weighted by molar-refractivity contribution is 9.10. The van der Waals surface area contributed by atoms with E-state index in [1.807, 2.05) is 25.1 Å². The fraction of sp³-hybridized carbons (Fsp3) is 0.417. The summed E-state index contributed by atoms with van der Waals surface area (Å²) in [5.74, 6) is -0.0642. The number of benzene rings is 1. The van der Waals surface area contributed by atoms with Gasteiger partial charge in [0.05, 0.1) is 18.8 Å². The molecule has 0 heterocycles. The van der Waals surface area contributed by atoms with Crippen molar-refractivity contribution in [1.82, 2.24) is 5.32 Å². The van der Waals surface area contributed by atoms with Crippen LogP contribution in [0.2, 0.25) is 0 Å². The number of carbonyl (C=O) groups excluding carboxylic acids is 1. The predicted octanol–water partition coefficient (Wildman–Crippen LogP) is 1.93. The lowest BCUT2D eigenvalue weighted by molar-refractivity contribution is -0.115. The van der Waals surface area contributed by atoms with E-state index in [1.54, 1.807) is 7.11 Å². The van der Waals surface area contributed by atoms with E-state index in [4.69, 9.17) is 4.74 Å². The molecule has 0 aliphatic heterocycles. The Hall–Kier alpha value is -0.910. The van der Waals surface area contributed by atoms with E-state index in [9.17, 15) is 4.79 Å². The molecule has 0 unspecified atom stereocenters. The first-order valence-corrected chi connectivity index (χ1v) is 6.18. The molecule has 1 rings (SSSR count). The van der Waals surface area contributed by atoms with E-state index in [1.165, 1.54) is 0 Å². The number of halogens is 1. The third-order valence-electron chi connectivity index (χ3n) is 2.17. The van der Waals surface area contributed by atoms with E-state index in [2.05, 4.69) is 26.6 Å². The lowest BCUT2D eigenvalue weighted by Gasteiger charge is -2.08. The van der Waals surface area contributed by atoms with E-state index in [0.717, 1.165) is 15.7 Å². The predicted molar refractivity (Wildman–Crippen MR) is 72.3 cm³/mol. The molecule has 1 amide bonds. The van der Waals surface area contributed by atoms with Crippen LogP contribution in [0.3, 0.4) is 0 Å². The molecule has 1 aromatic rings. The van der Waals surface area contributed by atoms with Gasteiger partial charge in [-0.15, -0.1) is 0 Å². The van der Waals surface area contributed by atoms with Gasteiger partial charge in [0.25, 0.3) is 0 Å². The van der Waals surface area contributed by atoms with Crippen molar-refractivity contribution in [2.24, 2.45) is 0 Å². The minimum atomic E-state index is -0.0642. The fourth-order valence-electron chi connectivity index (χ4n) is 1.29. The lowest BCUT2D eigenvalue weighted by atomic mass is 10.2. The van der Waals surface area contributed by atoms with Crippen molar-refractivity contribution in [2.45, 2.75) is 6.92 Å². The maximum absolute atomic E-state index is 11.6. The molecule has 5 heteroatoms. The van der Waals surface area contributed by atoms with E-state index >= 15 is 0 Å². The van der Waals surface area contributed by atoms with E-state index in [-0.39, 0.29) is 12.5 Å². The minimum Gasteiger partial charge on any atom is -0.383 e. The maximum atomic E-state index is 11.6. The van der Waals surface area contributed by atoms with Crippen LogP contribution >= 0.6 is 15.9 Å². The number of hydrogen-bond acceptors (Lipinski definition) is 3. The summed E-state index contributed by atoms with van der Waals surface area (Å²) in [5.41, 5.74) is 1.93. The first kappa shape index (κ1) is 14.2. The molecule has 2 N–H and O–H groups in total. The summed E-state index contributed by atoms with van der Waals surface area (Å²) < 4.78 is 5.76. The van der Waals surface area contributed by atoms with Crippen molar-refractivity contribution in [3.63, 3.8) is 0 Å². The van der Waals surface area contributed by atoms with Gasteiger partial charge in [-0.3, -0.25) is 4.79 Å². The summed E-state index contributed by atoms with van der Waals surface area (Å²) in [6.07, 6.45) is 0. The average molecular weight is 301 g/mol. The van der Waals surface area contributed by atoms with Crippen LogP contribution in [0.5, 0.6) is 0 Å². The number of hydrogen-bond donors (Lipinski definition) is 2. The van der Waals surface area contributed by atoms with Gasteiger partial charge in [0.15, 0.2) is 0 Å². The summed E-state index contributed by atoms with van der Waals surface area (Å²) in [4.78, 5) is 11.6. The standard InChI is InChI=1S/C12H17BrN2O2/c1-9-3-4-11(10(13)7-9)15-12(16)8-14-5-6-17-2/h3-4,7,14H,5-6,8H2,1-2H3,(H,15,16). The summed E-state index contributed by atoms with van der Waals surface area (Å²) in [7, 11) is 1.63. The maximum Gasteiger partial charge on any atom is 0.238 e. The lowest BCUT2D eigenvalue weighted by Crippen LogP contribution is -2.30. The van der Waals surface area contributed by atoms with Crippen LogP contribution in [-0.4, -0.2) is 32.7 Å². The quantitative estimate of drug-likeness (QED) is 0.789. The number of methoxy groups -OCH3 is 1. The number of nitrogens with one attached hydrogen (secondary N) is 2. The Morgan fingerprint density at radius 1 is 1.47 bits per heavy atom. The topological polar surface area (TPSA) is 50.4 Å². The Kier molecular flexibility index (Phi) is 6.18. The smallest absolute Gasteiger partial charge is 0.238 e. The van der Waals surface area contributed by atoms with Gasteiger partial charge < -0.3 is 15.4 Å². The highest BCUT2D eigenvalue weighted by Crippen LogP contribution is 2.22. The largest absolute Gasteiger partial charge is 0.383 e. The monoisotopic (exact) mass is 300 g/mol. The van der Waals surface area contributed by atoms with Crippen molar-refractivity contribution in [1.29, 1.82) is 0 Å². The van der Waals surface area contributed by atoms with Crippen LogP contribution in [0.15, 0.2) is 22.7 Å². The molecule has 0 radical (unpaired) electrons. The summed E-state index contributed by atoms with van der Waals surface area (Å²) in [5, 5.41) is 5.81. The van der Waals surface area contributed by atoms with Crippen LogP contribution in [-0.2, 0) is 9.53 Å². The highest BCUT2D eigenvalue weighted by atomic mass is 79.9. The van der Waals surface area contributed by atoms with Gasteiger partial charge in [-0.25, -0.2) is 0 Å². The molecule has 1 aromatic carbocycles. The molecule has 0 spiro atoms. The number of anilines is 1. The molecule has 0 bridgehead atoms. The van der Waals surface area contributed by atoms with Crippen molar-refractivity contribution >= 4 is 27.5 Å². The van der Waals surface area contributed by atoms with Crippen LogP contribution in [0.1, 0.15) is 5.56 Å². The number of aryl methyl sites for hydroxylation is 1. The molecular formula is C12H17BrN2O2. The molecule has 4 nitrogen and oxygen atoms in total. The van der Waals surface area contributed by atoms with Crippen molar-refractivity contribution in [2.75, 3.05) is 32.1 Å². The minimum absolute atomic E-state index is 0.0642. The summed E-state index contributed by atoms with van der Waals surface area (Å²) in [6, 6.07) is 5.80. The highest BCUT2D eigenvalue weighted by Gasteiger charge is 2.04. The Morgan fingerprint density at radius 2 is 2.24 bits per heavy atom. The molecule has 0 aliphatic carbocycles. The Labute approximate surface area is 110 Å². The molecule has 0 saturated heterocycles. The van der Waals surface area contributed by atoms with E-state index in [0.29, 0.717) is 13.2 Å². The van der Waals surface area contributed by atoms with Crippen molar-refractivity contribution < 1.29 is 9.53 Å². The third kappa shape index (κ3) is 5.30. The zero-order valence-corrected chi connectivity index (χ0v) is 11.6. The molecule has 0 aromatic heterocycles. The Bertz CT molecular complexity index is 383. The summed E-state index contributed by atoms with van der Waals surface area (Å²) >= 11 is 3.41. The van der Waals surface area contributed by atoms with Gasteiger partial charge in [-0.2, -0.15) is 0 Å². The van der Waals surface area contributed by atoms with Crippen LogP contribution in [0, 0.1) is 6.92 Å². The van der Waals surface area contributed by atoms with Gasteiger partial charge in [-0.1, -0.05) is 6.07 Å². The Balaban J connectivity index is 2.40. The molecule has 94 valence electrons. The molecule has 17 heavy (non-hydrogen) atoms. The number of rotatable bonds is 6. The number of ether oxygens (including phenoxy) is 1. The number of amides is 1. The zero-order valence-electron chi connectivity index (χ0n) is 10.0. The number of carbonyl (C=O) groups is 1. The first-order valence-electron chi connectivity index (χ1n) is 5.39. The molecule has 0 saturated carbocycles. The molecule has 0 aliphatic rings. The zero-order chi connectivity index (χ0) is 12.7. The van der Waals surface area contributed by atoms with Crippen LogP contribution < -0.4 is 10.6 Å². The van der Waals surface area contributed by atoms with E-state index < -0.39 is 0 Å². The van der Waals surface area contributed by atoms with Crippen molar-refractivity contribution in [3.05, 3.63) is 28.2 Å². The second-order valence-electron chi connectivity index (χ2n) is 3.70. The van der Waals surface area contributed by atoms with Crippen LogP contribution in [0.25, 0.3) is 0 Å². The average Bonchev–Trinajstić information content (AvgIpc) is 2.28. The third-order valence-corrected chi connectivity index (χ3v) is 2.82. The fourth-order valence-corrected chi connectivity index (χ4v) is 1.88. The molecule has 0 atom stereocenters. The normalized spacial score (nSPS) is 10.3. The molecular weight excluding hydrogens is 284 g/mol. The molecule has 0 fully saturated rings. The van der Waals surface area contributed by atoms with Gasteiger partial charge in [0, 0.05) is 18.1 Å².